The van der Waals surface area contributed by atoms with Crippen LogP contribution in [-0.4, -0.2) is 135 Å². The van der Waals surface area contributed by atoms with Crippen molar-refractivity contribution in [3.8, 4) is 51.0 Å². The normalized spacial score (nSPS) is 11.3. The molecule has 0 unspecified atom stereocenters. The van der Waals surface area contributed by atoms with Gasteiger partial charge in [0.25, 0.3) is 0 Å². The Labute approximate surface area is 552 Å². The average molecular weight is 1270 g/mol. The van der Waals surface area contributed by atoms with Gasteiger partial charge in [-0.2, -0.15) is 15.3 Å². The molecule has 6 aromatic heterocycles. The van der Waals surface area contributed by atoms with E-state index in [9.17, 15) is 14.4 Å². The van der Waals surface area contributed by atoms with E-state index >= 15 is 0 Å². The number of carbonyl (C=O) groups excluding carboxylic acids is 3. The number of aromatic nitrogens is 9. The zero-order valence-corrected chi connectivity index (χ0v) is 58.9. The summed E-state index contributed by atoms with van der Waals surface area (Å²) in [6, 6.07) is 28.0. The Morgan fingerprint density at radius 3 is 1.13 bits per heavy atom. The summed E-state index contributed by atoms with van der Waals surface area (Å²) >= 11 is 0. The van der Waals surface area contributed by atoms with E-state index in [1.54, 1.807) is 0 Å². The molecule has 0 aliphatic rings. The number of benzene rings is 3. The van der Waals surface area contributed by atoms with Crippen LogP contribution < -0.4 is 14.2 Å². The minimum absolute atomic E-state index is 0.0958. The van der Waals surface area contributed by atoms with E-state index in [0.29, 0.717) is 65.0 Å². The molecule has 6 heterocycles. The zero-order valence-electron chi connectivity index (χ0n) is 58.9. The quantitative estimate of drug-likeness (QED) is 0.0476. The summed E-state index contributed by atoms with van der Waals surface area (Å²) in [7, 11) is 0. The first-order chi connectivity index (χ1) is 44.7. The molecule has 3 aromatic carbocycles. The number of likely N-dealkylation sites (N-methyl/N-ethyl adjacent to an activating group) is 3. The van der Waals surface area contributed by atoms with Crippen molar-refractivity contribution in [2.45, 2.75) is 181 Å². The number of hydrogen-bond acceptors (Lipinski definition) is 12. The van der Waals surface area contributed by atoms with Crippen LogP contribution >= 0.6 is 0 Å². The summed E-state index contributed by atoms with van der Waals surface area (Å²) in [6.07, 6.45) is 4.64. The Kier molecular flexibility index (Phi) is 26.1. The van der Waals surface area contributed by atoms with Gasteiger partial charge < -0.3 is 28.9 Å². The summed E-state index contributed by atoms with van der Waals surface area (Å²) in [6.45, 7) is 43.4. The Balaban J connectivity index is 0.000000198. The van der Waals surface area contributed by atoms with E-state index < -0.39 is 0 Å². The molecule has 9 aromatic rings. The Morgan fingerprint density at radius 2 is 0.785 bits per heavy atom. The van der Waals surface area contributed by atoms with Crippen molar-refractivity contribution in [1.29, 1.82) is 0 Å². The third-order valence-corrected chi connectivity index (χ3v) is 16.8. The zero-order chi connectivity index (χ0) is 67.6. The van der Waals surface area contributed by atoms with Crippen LogP contribution in [0.25, 0.3) is 50.7 Å². The highest BCUT2D eigenvalue weighted by Crippen LogP contribution is 2.34. The van der Waals surface area contributed by atoms with Gasteiger partial charge in [0.2, 0.25) is 17.7 Å². The molecule has 9 rings (SSSR count). The maximum Gasteiger partial charge on any atom is 0.227 e. The Hall–Kier alpha value is -8.67. The highest BCUT2D eigenvalue weighted by atomic mass is 16.5. The second-order valence-corrected chi connectivity index (χ2v) is 24.1. The standard InChI is InChI=1S/3C25H34N4O2/c1-7-14-31-20-12-10-19(11-13-20)24-21(16-23(30)28(8-2)9-3)25-26-22(17(4)5)15-18(6)29(25)27-24;1-7-14-31-20-12-10-19(11-13-20)24-21(16-23(30)28(8-2)9-3)25-26-18(6)15-22(17(4)5)29(25)27-24;1-7-15-31-20-13-11-19(12-14-20)24-22(16-23(30)28(9-3)10-4)25-26-17(5)21(8-2)18(6)29(25)27-24/h2*10-13,15,17H,7-9,14,16H2,1-6H3;11-14H,7-10,15-16H2,1-6H3. The summed E-state index contributed by atoms with van der Waals surface area (Å²) in [5.74, 6) is 3.39. The summed E-state index contributed by atoms with van der Waals surface area (Å²) in [5, 5.41) is 14.8. The molecular weight excluding hydrogens is 1160 g/mol. The van der Waals surface area contributed by atoms with Gasteiger partial charge in [-0.15, -0.1) is 0 Å². The topological polar surface area (TPSA) is 179 Å². The largest absolute Gasteiger partial charge is 0.494 e. The number of nitrogens with zero attached hydrogens (tertiary/aromatic N) is 12. The monoisotopic (exact) mass is 1270 g/mol. The van der Waals surface area contributed by atoms with Crippen LogP contribution in [0.4, 0.5) is 0 Å². The molecule has 0 radical (unpaired) electrons. The summed E-state index contributed by atoms with van der Waals surface area (Å²) < 4.78 is 22.9. The maximum absolute atomic E-state index is 13.0. The fourth-order valence-electron chi connectivity index (χ4n) is 11.6. The number of amides is 3. The van der Waals surface area contributed by atoms with Crippen molar-refractivity contribution in [1.82, 2.24) is 58.5 Å². The SMILES string of the molecule is CCCOc1ccc(-c2nn3c(C(C)C)cc(C)nc3c2CC(=O)N(CC)CC)cc1.CCCOc1ccc(-c2nn3c(C)c(CC)c(C)nc3c2CC(=O)N(CC)CC)cc1.CCCOc1ccc(-c2nn3c(C)cc(C(C)C)nc3c2CC(=O)N(CC)CC)cc1. The first-order valence-electron chi connectivity index (χ1n) is 33.9. The van der Waals surface area contributed by atoms with Crippen molar-refractivity contribution in [2.24, 2.45) is 0 Å². The van der Waals surface area contributed by atoms with Gasteiger partial charge in [0.05, 0.1) is 56.2 Å². The van der Waals surface area contributed by atoms with E-state index in [0.717, 1.165) is 144 Å². The predicted molar refractivity (Wildman–Crippen MR) is 374 cm³/mol. The van der Waals surface area contributed by atoms with Crippen LogP contribution in [0.15, 0.2) is 84.9 Å². The van der Waals surface area contributed by atoms with Gasteiger partial charge >= 0.3 is 0 Å². The molecule has 0 saturated heterocycles. The van der Waals surface area contributed by atoms with E-state index in [4.69, 9.17) is 44.5 Å². The molecule has 0 saturated carbocycles. The van der Waals surface area contributed by atoms with Crippen molar-refractivity contribution in [2.75, 3.05) is 59.1 Å². The van der Waals surface area contributed by atoms with E-state index in [1.807, 2.05) is 163 Å². The minimum atomic E-state index is 0.0958. The number of aryl methyl sites for hydroxylation is 4. The number of ether oxygens (including phenoxy) is 3. The van der Waals surface area contributed by atoms with Crippen LogP contribution in [0.3, 0.4) is 0 Å². The third-order valence-electron chi connectivity index (χ3n) is 16.8. The number of carbonyl (C=O) groups is 3. The van der Waals surface area contributed by atoms with Crippen LogP contribution in [-0.2, 0) is 40.1 Å². The van der Waals surface area contributed by atoms with Crippen molar-refractivity contribution in [3.05, 3.63) is 141 Å². The van der Waals surface area contributed by atoms with Crippen molar-refractivity contribution in [3.63, 3.8) is 0 Å². The molecule has 0 aliphatic carbocycles. The summed E-state index contributed by atoms with van der Waals surface area (Å²) in [4.78, 5) is 59.2. The summed E-state index contributed by atoms with van der Waals surface area (Å²) in [5.41, 5.74) is 17.6. The lowest BCUT2D eigenvalue weighted by Crippen LogP contribution is -2.31. The van der Waals surface area contributed by atoms with Crippen LogP contribution in [0.1, 0.15) is 184 Å². The van der Waals surface area contributed by atoms with Gasteiger partial charge in [-0.3, -0.25) is 14.4 Å². The molecule has 498 valence electrons. The van der Waals surface area contributed by atoms with Crippen molar-refractivity contribution < 1.29 is 28.6 Å². The average Bonchev–Trinajstić information content (AvgIpc) is 1.64. The molecule has 0 bridgehead atoms. The van der Waals surface area contributed by atoms with Gasteiger partial charge in [-0.05, 0) is 197 Å². The highest BCUT2D eigenvalue weighted by molar-refractivity contribution is 5.87. The lowest BCUT2D eigenvalue weighted by Gasteiger charge is -2.18. The Morgan fingerprint density at radius 1 is 0.430 bits per heavy atom. The number of hydrogen-bond donors (Lipinski definition) is 0. The number of rotatable bonds is 27. The first kappa shape index (κ1) is 71.8. The first-order valence-corrected chi connectivity index (χ1v) is 33.9. The van der Waals surface area contributed by atoms with Crippen LogP contribution in [0, 0.1) is 27.7 Å². The lowest BCUT2D eigenvalue weighted by molar-refractivity contribution is -0.130. The second-order valence-electron chi connectivity index (χ2n) is 24.1. The molecule has 0 atom stereocenters. The molecule has 3 amide bonds. The maximum atomic E-state index is 13.0. The predicted octanol–water partition coefficient (Wildman–Crippen LogP) is 14.8. The molecule has 0 spiro atoms. The third kappa shape index (κ3) is 17.1. The molecule has 0 fully saturated rings. The van der Waals surface area contributed by atoms with E-state index in [1.165, 1.54) is 5.56 Å². The molecule has 93 heavy (non-hydrogen) atoms. The number of fused-ring (bicyclic) bond motifs is 3. The van der Waals surface area contributed by atoms with Crippen LogP contribution in [0.5, 0.6) is 17.2 Å². The van der Waals surface area contributed by atoms with Gasteiger partial charge in [0, 0.05) is 107 Å². The lowest BCUT2D eigenvalue weighted by atomic mass is 10.0. The van der Waals surface area contributed by atoms with Crippen molar-refractivity contribution >= 4 is 34.7 Å². The fraction of sp³-hybridized carbons (Fsp3) is 0.480. The smallest absolute Gasteiger partial charge is 0.227 e. The molecule has 18 nitrogen and oxygen atoms in total. The van der Waals surface area contributed by atoms with E-state index in [2.05, 4.69) is 74.4 Å². The highest BCUT2D eigenvalue weighted by Gasteiger charge is 2.27. The van der Waals surface area contributed by atoms with Crippen LogP contribution in [0.2, 0.25) is 0 Å². The van der Waals surface area contributed by atoms with Gasteiger partial charge in [-0.25, -0.2) is 28.5 Å². The Bertz CT molecular complexity index is 3900. The van der Waals surface area contributed by atoms with Gasteiger partial charge in [-0.1, -0.05) is 55.4 Å². The molecule has 0 aliphatic heterocycles. The minimum Gasteiger partial charge on any atom is -0.494 e. The van der Waals surface area contributed by atoms with Gasteiger partial charge in [0.1, 0.15) is 17.2 Å². The second kappa shape index (κ2) is 33.8. The van der Waals surface area contributed by atoms with Gasteiger partial charge in [0.15, 0.2) is 16.9 Å². The van der Waals surface area contributed by atoms with E-state index in [-0.39, 0.29) is 42.9 Å². The fourth-order valence-corrected chi connectivity index (χ4v) is 11.6. The molecular formula is C75H102N12O6. The molecule has 0 N–H and O–H groups in total. The molecule has 18 heteroatoms.